The second kappa shape index (κ2) is 9.68. The van der Waals surface area contributed by atoms with Crippen LogP contribution >= 0.6 is 11.3 Å². The second-order valence-electron chi connectivity index (χ2n) is 8.25. The summed E-state index contributed by atoms with van der Waals surface area (Å²) in [5, 5.41) is 10.4. The van der Waals surface area contributed by atoms with Gasteiger partial charge in [0, 0.05) is 16.3 Å². The summed E-state index contributed by atoms with van der Waals surface area (Å²) in [6, 6.07) is 28.1. The van der Waals surface area contributed by atoms with Gasteiger partial charge in [-0.25, -0.2) is 9.37 Å². The van der Waals surface area contributed by atoms with Gasteiger partial charge in [-0.15, -0.1) is 11.3 Å². The third-order valence-electron chi connectivity index (χ3n) is 5.96. The molecule has 2 aromatic heterocycles. The highest BCUT2D eigenvalue weighted by Crippen LogP contribution is 2.36. The van der Waals surface area contributed by atoms with E-state index in [0.29, 0.717) is 24.2 Å². The van der Waals surface area contributed by atoms with Crippen molar-refractivity contribution in [1.82, 2.24) is 9.55 Å². The molecule has 0 atom stereocenters. The van der Waals surface area contributed by atoms with Crippen LogP contribution in [0, 0.1) is 12.7 Å². The number of phenols is 1. The van der Waals surface area contributed by atoms with Gasteiger partial charge in [0.1, 0.15) is 5.82 Å². The zero-order valence-electron chi connectivity index (χ0n) is 19.1. The van der Waals surface area contributed by atoms with E-state index in [2.05, 4.69) is 0 Å². The van der Waals surface area contributed by atoms with Crippen molar-refractivity contribution in [3.8, 4) is 38.0 Å². The highest BCUT2D eigenvalue weighted by molar-refractivity contribution is 7.18. The number of hydrogen-bond donors (Lipinski definition) is 1. The van der Waals surface area contributed by atoms with Crippen LogP contribution < -0.4 is 5.56 Å². The number of thiophene rings is 1. The summed E-state index contributed by atoms with van der Waals surface area (Å²) < 4.78 is 15.7. The molecule has 5 aromatic rings. The van der Waals surface area contributed by atoms with Crippen molar-refractivity contribution in [2.75, 3.05) is 0 Å². The molecule has 6 heteroatoms. The van der Waals surface area contributed by atoms with Gasteiger partial charge in [0.2, 0.25) is 0 Å². The predicted octanol–water partition coefficient (Wildman–Crippen LogP) is 6.70. The van der Waals surface area contributed by atoms with Crippen molar-refractivity contribution < 1.29 is 9.50 Å². The van der Waals surface area contributed by atoms with Gasteiger partial charge in [-0.2, -0.15) is 0 Å². The number of nitrogens with zero attached hydrogens (tertiary/aromatic N) is 2. The molecule has 0 aliphatic rings. The Bertz CT molecular complexity index is 1540. The van der Waals surface area contributed by atoms with Gasteiger partial charge in [0.15, 0.2) is 11.6 Å². The van der Waals surface area contributed by atoms with Crippen LogP contribution in [0.4, 0.5) is 4.39 Å². The van der Waals surface area contributed by atoms with Crippen molar-refractivity contribution in [1.29, 1.82) is 0 Å². The number of rotatable bonds is 6. The molecule has 0 bridgehead atoms. The lowest BCUT2D eigenvalue weighted by molar-refractivity contribution is 0.433. The van der Waals surface area contributed by atoms with E-state index in [-0.39, 0.29) is 16.9 Å². The average molecular weight is 483 g/mol. The molecular formula is C29H23FN2O2S. The molecule has 3 aromatic carbocycles. The maximum atomic E-state index is 14.2. The van der Waals surface area contributed by atoms with Gasteiger partial charge in [0.25, 0.3) is 5.56 Å². The fraction of sp³-hybridized carbons (Fsp3) is 0.103. The van der Waals surface area contributed by atoms with Gasteiger partial charge in [-0.3, -0.25) is 9.36 Å². The van der Waals surface area contributed by atoms with Crippen LogP contribution in [-0.2, 0) is 13.0 Å². The molecular weight excluding hydrogens is 459 g/mol. The number of halogens is 1. The highest BCUT2D eigenvalue weighted by Gasteiger charge is 2.21. The zero-order chi connectivity index (χ0) is 24.4. The van der Waals surface area contributed by atoms with E-state index < -0.39 is 11.6 Å². The Balaban J connectivity index is 1.65. The first kappa shape index (κ1) is 22.7. The summed E-state index contributed by atoms with van der Waals surface area (Å²) in [7, 11) is 0. The van der Waals surface area contributed by atoms with Gasteiger partial charge in [0.05, 0.1) is 16.8 Å². The zero-order valence-corrected chi connectivity index (χ0v) is 19.9. The molecule has 0 unspecified atom stereocenters. The van der Waals surface area contributed by atoms with E-state index >= 15 is 0 Å². The topological polar surface area (TPSA) is 55.1 Å². The number of hydrogen-bond acceptors (Lipinski definition) is 4. The Hall–Kier alpha value is -4.03. The van der Waals surface area contributed by atoms with Gasteiger partial charge < -0.3 is 5.11 Å². The van der Waals surface area contributed by atoms with E-state index in [0.717, 1.165) is 20.9 Å². The number of benzene rings is 3. The molecule has 35 heavy (non-hydrogen) atoms. The lowest BCUT2D eigenvalue weighted by atomic mass is 10.1. The summed E-state index contributed by atoms with van der Waals surface area (Å²) in [4.78, 5) is 20.5. The number of phenolic OH excluding ortho intramolecular Hbond substituents is 1. The van der Waals surface area contributed by atoms with Crippen molar-refractivity contribution in [2.45, 2.75) is 19.9 Å². The minimum absolute atomic E-state index is 0.195. The van der Waals surface area contributed by atoms with E-state index in [1.165, 1.54) is 23.5 Å². The molecule has 0 saturated carbocycles. The van der Waals surface area contributed by atoms with Crippen LogP contribution in [0.25, 0.3) is 32.3 Å². The Morgan fingerprint density at radius 1 is 0.886 bits per heavy atom. The third-order valence-corrected chi connectivity index (χ3v) is 7.11. The van der Waals surface area contributed by atoms with Gasteiger partial charge in [-0.05, 0) is 48.7 Å². The molecule has 0 spiro atoms. The van der Waals surface area contributed by atoms with Gasteiger partial charge >= 0.3 is 0 Å². The van der Waals surface area contributed by atoms with Crippen LogP contribution in [0.1, 0.15) is 11.3 Å². The molecule has 0 fully saturated rings. The second-order valence-corrected chi connectivity index (χ2v) is 9.34. The standard InChI is InChI=1S/C29H23FN2O2S/c1-19-26(25-16-15-24(35-25)21-11-6-3-7-12-21)29(34)32(18-17-20-9-4-2-5-10-20)28(31-19)22-13-8-14-23(30)27(22)33/h2-16,33H,17-18H2,1H3. The number of para-hydroxylation sites is 1. The first-order valence-corrected chi connectivity index (χ1v) is 12.1. The van der Waals surface area contributed by atoms with Crippen LogP contribution in [-0.4, -0.2) is 14.7 Å². The maximum absolute atomic E-state index is 14.2. The fourth-order valence-electron chi connectivity index (χ4n) is 4.17. The molecule has 1 N–H and O–H groups in total. The monoisotopic (exact) mass is 482 g/mol. The molecule has 0 saturated heterocycles. The number of aromatic hydroxyl groups is 1. The molecule has 2 heterocycles. The summed E-state index contributed by atoms with van der Waals surface area (Å²) in [6.45, 7) is 2.12. The summed E-state index contributed by atoms with van der Waals surface area (Å²) in [6.07, 6.45) is 0.591. The van der Waals surface area contributed by atoms with E-state index in [1.807, 2.05) is 72.8 Å². The Kier molecular flexibility index (Phi) is 6.29. The first-order valence-electron chi connectivity index (χ1n) is 11.3. The summed E-state index contributed by atoms with van der Waals surface area (Å²) in [5.74, 6) is -1.01. The van der Waals surface area contributed by atoms with Crippen molar-refractivity contribution in [3.05, 3.63) is 118 Å². The molecule has 0 aliphatic carbocycles. The van der Waals surface area contributed by atoms with Crippen LogP contribution in [0.5, 0.6) is 5.75 Å². The molecule has 174 valence electrons. The van der Waals surface area contributed by atoms with Crippen molar-refractivity contribution in [3.63, 3.8) is 0 Å². The smallest absolute Gasteiger partial charge is 0.262 e. The molecule has 0 radical (unpaired) electrons. The lowest BCUT2D eigenvalue weighted by Crippen LogP contribution is -2.27. The Morgan fingerprint density at radius 3 is 2.31 bits per heavy atom. The number of aryl methyl sites for hydroxylation is 2. The molecule has 0 aliphatic heterocycles. The molecule has 4 nitrogen and oxygen atoms in total. The first-order chi connectivity index (χ1) is 17.0. The van der Waals surface area contributed by atoms with Crippen LogP contribution in [0.15, 0.2) is 95.8 Å². The van der Waals surface area contributed by atoms with E-state index in [4.69, 9.17) is 4.98 Å². The summed E-state index contributed by atoms with van der Waals surface area (Å²) >= 11 is 1.54. The van der Waals surface area contributed by atoms with Crippen molar-refractivity contribution in [2.24, 2.45) is 0 Å². The molecule has 5 rings (SSSR count). The SMILES string of the molecule is Cc1nc(-c2cccc(F)c2O)n(CCc2ccccc2)c(=O)c1-c1ccc(-c2ccccc2)s1. The Morgan fingerprint density at radius 2 is 1.57 bits per heavy atom. The quantitative estimate of drug-likeness (QED) is 0.293. The largest absolute Gasteiger partial charge is 0.504 e. The predicted molar refractivity (Wildman–Crippen MR) is 139 cm³/mol. The Labute approximate surface area is 206 Å². The average Bonchev–Trinajstić information content (AvgIpc) is 3.36. The van der Waals surface area contributed by atoms with Gasteiger partial charge in [-0.1, -0.05) is 66.7 Å². The molecule has 0 amide bonds. The third kappa shape index (κ3) is 4.53. The lowest BCUT2D eigenvalue weighted by Gasteiger charge is -2.16. The van der Waals surface area contributed by atoms with Crippen LogP contribution in [0.2, 0.25) is 0 Å². The maximum Gasteiger partial charge on any atom is 0.262 e. The van der Waals surface area contributed by atoms with Crippen LogP contribution in [0.3, 0.4) is 0 Å². The van der Waals surface area contributed by atoms with E-state index in [9.17, 15) is 14.3 Å². The summed E-state index contributed by atoms with van der Waals surface area (Å²) in [5.41, 5.74) is 3.18. The minimum Gasteiger partial charge on any atom is -0.504 e. The minimum atomic E-state index is -0.751. The fourth-order valence-corrected chi connectivity index (χ4v) is 5.27. The number of aromatic nitrogens is 2. The van der Waals surface area contributed by atoms with Crippen molar-refractivity contribution >= 4 is 11.3 Å². The normalized spacial score (nSPS) is 11.0. The highest BCUT2D eigenvalue weighted by atomic mass is 32.1. The van der Waals surface area contributed by atoms with E-state index in [1.54, 1.807) is 17.6 Å².